The number of furan rings is 1. The Balaban J connectivity index is 1.35. The highest BCUT2D eigenvalue weighted by Crippen LogP contribution is 2.23. The van der Waals surface area contributed by atoms with Crippen molar-refractivity contribution in [2.45, 2.75) is 24.3 Å². The molecule has 43 heavy (non-hydrogen) atoms. The fourth-order valence-electron chi connectivity index (χ4n) is 4.38. The maximum atomic E-state index is 13.2. The van der Waals surface area contributed by atoms with Gasteiger partial charge in [-0.3, -0.25) is 19.4 Å². The van der Waals surface area contributed by atoms with E-state index in [0.29, 0.717) is 34.7 Å². The number of carbonyl (C=O) groups excluding carboxylic acids is 3. The van der Waals surface area contributed by atoms with Crippen molar-refractivity contribution >= 4 is 34.1 Å². The summed E-state index contributed by atoms with van der Waals surface area (Å²) in [5.74, 6) is 4.83. The topological polar surface area (TPSA) is 145 Å². The second kappa shape index (κ2) is 13.3. The molecule has 1 aliphatic rings. The number of aromatic nitrogens is 1. The van der Waals surface area contributed by atoms with E-state index in [1.165, 1.54) is 24.7 Å². The number of aromatic hydroxyl groups is 1. The van der Waals surface area contributed by atoms with E-state index in [-0.39, 0.29) is 41.2 Å². The summed E-state index contributed by atoms with van der Waals surface area (Å²) in [4.78, 5) is 44.7. The summed E-state index contributed by atoms with van der Waals surface area (Å²) in [5.41, 5.74) is 2.54. The van der Waals surface area contributed by atoms with Crippen LogP contribution in [-0.4, -0.2) is 62.8 Å². The van der Waals surface area contributed by atoms with Gasteiger partial charge in [0.1, 0.15) is 5.75 Å². The zero-order chi connectivity index (χ0) is 30.3. The minimum absolute atomic E-state index is 0.0629. The lowest BCUT2D eigenvalue weighted by Gasteiger charge is -2.17. The van der Waals surface area contributed by atoms with Gasteiger partial charge in [-0.2, -0.15) is 4.36 Å². The fourth-order valence-corrected chi connectivity index (χ4v) is 5.97. The Morgan fingerprint density at radius 2 is 1.91 bits per heavy atom. The van der Waals surface area contributed by atoms with Gasteiger partial charge in [0, 0.05) is 47.9 Å². The van der Waals surface area contributed by atoms with Crippen LogP contribution in [0.1, 0.15) is 44.0 Å². The van der Waals surface area contributed by atoms with Crippen LogP contribution >= 0.6 is 0 Å². The van der Waals surface area contributed by atoms with Crippen LogP contribution in [0, 0.1) is 18.8 Å². The third-order valence-electron chi connectivity index (χ3n) is 6.61. The summed E-state index contributed by atoms with van der Waals surface area (Å²) in [6.45, 7) is 2.44. The number of benzene rings is 2. The molecule has 2 aromatic heterocycles. The van der Waals surface area contributed by atoms with Crippen LogP contribution in [0.5, 0.6) is 5.75 Å². The molecule has 1 saturated heterocycles. The minimum Gasteiger partial charge on any atom is -0.507 e. The number of aliphatic hydroxyl groups is 1. The molecule has 2 aromatic carbocycles. The van der Waals surface area contributed by atoms with Crippen LogP contribution in [-0.2, 0) is 15.5 Å². The third-order valence-corrected chi connectivity index (χ3v) is 8.37. The molecule has 3 amide bonds. The summed E-state index contributed by atoms with van der Waals surface area (Å²) in [6, 6.07) is 16.7. The minimum atomic E-state index is -1.28. The number of pyridine rings is 1. The number of hydrogen-bond donors (Lipinski definition) is 3. The average Bonchev–Trinajstić information content (AvgIpc) is 3.64. The second-order valence-corrected chi connectivity index (χ2v) is 11.5. The average molecular weight is 597 g/mol. The SMILES string of the molecule is Cc1ccoc1C(=O)Nc1cccc(C#Cc2cncc(C(=O)N=S(CC(=O)N3CCC(O)C3)c3ccccc3O)c2)c1. The van der Waals surface area contributed by atoms with Crippen molar-refractivity contribution in [1.29, 1.82) is 0 Å². The van der Waals surface area contributed by atoms with Crippen LogP contribution < -0.4 is 5.32 Å². The molecular weight excluding hydrogens is 568 g/mol. The van der Waals surface area contributed by atoms with Crippen LogP contribution in [0.15, 0.2) is 93.0 Å². The van der Waals surface area contributed by atoms with E-state index in [1.807, 2.05) is 0 Å². The zero-order valence-corrected chi connectivity index (χ0v) is 24.0. The summed E-state index contributed by atoms with van der Waals surface area (Å²) in [7, 11) is -1.28. The van der Waals surface area contributed by atoms with Crippen molar-refractivity contribution in [1.82, 2.24) is 9.88 Å². The van der Waals surface area contributed by atoms with Crippen molar-refractivity contribution < 1.29 is 29.0 Å². The van der Waals surface area contributed by atoms with Crippen LogP contribution in [0.25, 0.3) is 0 Å². The van der Waals surface area contributed by atoms with Gasteiger partial charge in [0.2, 0.25) is 5.91 Å². The van der Waals surface area contributed by atoms with Gasteiger partial charge in [0.25, 0.3) is 11.8 Å². The van der Waals surface area contributed by atoms with Gasteiger partial charge in [-0.05, 0) is 66.5 Å². The van der Waals surface area contributed by atoms with Crippen LogP contribution in [0.4, 0.5) is 5.69 Å². The Morgan fingerprint density at radius 1 is 1.09 bits per heavy atom. The predicted molar refractivity (Wildman–Crippen MR) is 161 cm³/mol. The maximum Gasteiger partial charge on any atom is 0.291 e. The predicted octanol–water partition coefficient (Wildman–Crippen LogP) is 3.94. The van der Waals surface area contributed by atoms with Gasteiger partial charge in [0.05, 0.1) is 28.6 Å². The normalized spacial score (nSPS) is 15.0. The quantitative estimate of drug-likeness (QED) is 0.286. The number of hydrogen-bond acceptors (Lipinski definition) is 7. The molecule has 0 saturated carbocycles. The molecule has 218 valence electrons. The molecule has 5 rings (SSSR count). The molecule has 1 aliphatic heterocycles. The standard InChI is InChI=1S/C32H28N4O6S/c1-21-12-14-42-30(21)32(41)34-25-6-4-5-22(16-25)9-10-23-15-24(18-33-17-23)31(40)35-43(28-8-3-2-7-27(28)38)20-29(39)36-13-11-26(37)19-36/h2-8,12,14-18,26,37-38H,11,13,19-20H2,1H3,(H,34,41). The maximum absolute atomic E-state index is 13.2. The van der Waals surface area contributed by atoms with Gasteiger partial charge in [-0.15, -0.1) is 0 Å². The number of anilines is 1. The van der Waals surface area contributed by atoms with Crippen molar-refractivity contribution in [3.8, 4) is 17.6 Å². The largest absolute Gasteiger partial charge is 0.507 e. The van der Waals surface area contributed by atoms with E-state index in [2.05, 4.69) is 26.5 Å². The number of phenols is 1. The number of β-amino-alcohol motifs (C(OH)–C–C–N with tert-alkyl or cyclic N) is 1. The molecule has 11 heteroatoms. The van der Waals surface area contributed by atoms with Crippen molar-refractivity contribution in [2.24, 2.45) is 4.36 Å². The highest BCUT2D eigenvalue weighted by atomic mass is 32.2. The summed E-state index contributed by atoms with van der Waals surface area (Å²) < 4.78 is 9.56. The van der Waals surface area contributed by atoms with E-state index in [9.17, 15) is 24.6 Å². The highest BCUT2D eigenvalue weighted by molar-refractivity contribution is 7.88. The van der Waals surface area contributed by atoms with Gasteiger partial charge in [-0.25, -0.2) is 0 Å². The molecule has 0 spiro atoms. The fraction of sp³-hybridized carbons (Fsp3) is 0.188. The molecule has 10 nitrogen and oxygen atoms in total. The number of phenolic OH excluding ortho intramolecular Hbond substituents is 1. The Kier molecular flexibility index (Phi) is 9.10. The van der Waals surface area contributed by atoms with Gasteiger partial charge in [-0.1, -0.05) is 30.0 Å². The number of likely N-dealkylation sites (tertiary alicyclic amines) is 1. The molecule has 0 radical (unpaired) electrons. The second-order valence-electron chi connectivity index (χ2n) is 9.84. The Labute approximate surface area is 250 Å². The molecule has 3 heterocycles. The third kappa shape index (κ3) is 7.43. The number of carbonyl (C=O) groups is 3. The molecule has 0 aliphatic carbocycles. The molecule has 1 fully saturated rings. The van der Waals surface area contributed by atoms with Crippen molar-refractivity contribution in [2.75, 3.05) is 24.2 Å². The first-order valence-corrected chi connectivity index (χ1v) is 14.8. The van der Waals surface area contributed by atoms with Crippen molar-refractivity contribution in [3.05, 3.63) is 107 Å². The molecule has 2 atom stereocenters. The highest BCUT2D eigenvalue weighted by Gasteiger charge is 2.26. The van der Waals surface area contributed by atoms with E-state index in [0.717, 1.165) is 5.56 Å². The van der Waals surface area contributed by atoms with E-state index in [1.54, 1.807) is 66.4 Å². The van der Waals surface area contributed by atoms with E-state index >= 15 is 0 Å². The molecule has 3 N–H and O–H groups in total. The number of rotatable bonds is 6. The lowest BCUT2D eigenvalue weighted by Crippen LogP contribution is -2.33. The number of aliphatic hydroxyl groups excluding tert-OH is 1. The number of nitrogens with zero attached hydrogens (tertiary/aromatic N) is 3. The molecule has 0 bridgehead atoms. The first-order chi connectivity index (χ1) is 20.8. The van der Waals surface area contributed by atoms with Crippen LogP contribution in [0.2, 0.25) is 0 Å². The molecule has 2 unspecified atom stereocenters. The van der Waals surface area contributed by atoms with E-state index < -0.39 is 22.7 Å². The monoisotopic (exact) mass is 596 g/mol. The molecular formula is C32H28N4O6S. The Hall–Kier alpha value is -5.05. The Morgan fingerprint density at radius 3 is 2.65 bits per heavy atom. The number of aryl methyl sites for hydroxylation is 1. The summed E-state index contributed by atoms with van der Waals surface area (Å²) >= 11 is 0. The van der Waals surface area contributed by atoms with Crippen LogP contribution in [0.3, 0.4) is 0 Å². The summed E-state index contributed by atoms with van der Waals surface area (Å²) in [5, 5.41) is 23.1. The van der Waals surface area contributed by atoms with E-state index in [4.69, 9.17) is 4.42 Å². The lowest BCUT2D eigenvalue weighted by atomic mass is 10.1. The smallest absolute Gasteiger partial charge is 0.291 e. The Bertz CT molecular complexity index is 1790. The first kappa shape index (κ1) is 29.4. The number of nitrogens with one attached hydrogen (secondary N) is 1. The van der Waals surface area contributed by atoms with Gasteiger partial charge in [0.15, 0.2) is 5.76 Å². The summed E-state index contributed by atoms with van der Waals surface area (Å²) in [6.07, 6.45) is 4.26. The lowest BCUT2D eigenvalue weighted by molar-refractivity contribution is -0.127. The molecule has 4 aromatic rings. The van der Waals surface area contributed by atoms with Gasteiger partial charge >= 0.3 is 0 Å². The first-order valence-electron chi connectivity index (χ1n) is 13.4. The number of para-hydroxylation sites is 1. The zero-order valence-electron chi connectivity index (χ0n) is 23.2. The van der Waals surface area contributed by atoms with Crippen molar-refractivity contribution in [3.63, 3.8) is 0 Å². The van der Waals surface area contributed by atoms with Gasteiger partial charge < -0.3 is 24.8 Å². The number of amides is 3.